The number of aliphatic hydroxyl groups excluding tert-OH is 1. The monoisotopic (exact) mass is 266 g/mol. The third kappa shape index (κ3) is 3.67. The molecule has 0 aromatic heterocycles. The Balaban J connectivity index is 2.01. The van der Waals surface area contributed by atoms with E-state index < -0.39 is 11.9 Å². The maximum absolute atomic E-state index is 13.9. The van der Waals surface area contributed by atoms with Crippen LogP contribution < -0.4 is 10.2 Å². The number of carbonyl (C=O) groups is 1. The number of benzene rings is 1. The summed E-state index contributed by atoms with van der Waals surface area (Å²) in [7, 11) is 1.67. The predicted molar refractivity (Wildman–Crippen MR) is 71.5 cm³/mol. The van der Waals surface area contributed by atoms with Crippen LogP contribution in [-0.4, -0.2) is 30.6 Å². The molecule has 19 heavy (non-hydrogen) atoms. The minimum absolute atomic E-state index is 0.0935. The standard InChI is InChI=1S/C14H19FN2O2/c1-9(18)10-3-6-13(12(15)7-10)17(2)8-14(19)16-11-4-5-11/h3,6-7,9,11,18H,4-5,8H2,1-2H3,(H,16,19)/t9-/m1/s1. The van der Waals surface area contributed by atoms with Crippen LogP contribution in [0.4, 0.5) is 10.1 Å². The SMILES string of the molecule is C[C@@H](O)c1ccc(N(C)CC(=O)NC2CC2)c(F)c1. The molecule has 1 aromatic carbocycles. The number of aliphatic hydroxyl groups is 1. The van der Waals surface area contributed by atoms with Gasteiger partial charge in [0.15, 0.2) is 0 Å². The molecule has 1 atom stereocenters. The van der Waals surface area contributed by atoms with Crippen LogP contribution in [0.15, 0.2) is 18.2 Å². The lowest BCUT2D eigenvalue weighted by molar-refractivity contribution is -0.119. The van der Waals surface area contributed by atoms with Crippen molar-refractivity contribution in [1.29, 1.82) is 0 Å². The van der Waals surface area contributed by atoms with E-state index in [0.29, 0.717) is 17.3 Å². The zero-order valence-corrected chi connectivity index (χ0v) is 11.2. The van der Waals surface area contributed by atoms with Crippen LogP contribution >= 0.6 is 0 Å². The number of anilines is 1. The Bertz CT molecular complexity index is 473. The third-order valence-corrected chi connectivity index (χ3v) is 3.19. The van der Waals surface area contributed by atoms with E-state index in [1.54, 1.807) is 31.0 Å². The Hall–Kier alpha value is -1.62. The summed E-state index contributed by atoms with van der Waals surface area (Å²) >= 11 is 0. The molecule has 104 valence electrons. The topological polar surface area (TPSA) is 52.6 Å². The molecule has 0 saturated heterocycles. The summed E-state index contributed by atoms with van der Waals surface area (Å²) in [6, 6.07) is 4.86. The van der Waals surface area contributed by atoms with Gasteiger partial charge in [0.05, 0.1) is 18.3 Å². The van der Waals surface area contributed by atoms with Gasteiger partial charge in [-0.05, 0) is 37.5 Å². The Morgan fingerprint density at radius 3 is 2.79 bits per heavy atom. The average molecular weight is 266 g/mol. The van der Waals surface area contributed by atoms with Gasteiger partial charge in [0.1, 0.15) is 5.82 Å². The molecule has 0 spiro atoms. The van der Waals surface area contributed by atoms with E-state index in [-0.39, 0.29) is 12.5 Å². The Morgan fingerprint density at radius 2 is 2.26 bits per heavy atom. The fourth-order valence-corrected chi connectivity index (χ4v) is 1.89. The lowest BCUT2D eigenvalue weighted by Crippen LogP contribution is -2.36. The first-order valence-corrected chi connectivity index (χ1v) is 6.45. The van der Waals surface area contributed by atoms with Gasteiger partial charge in [0, 0.05) is 13.1 Å². The predicted octanol–water partition coefficient (Wildman–Crippen LogP) is 1.59. The van der Waals surface area contributed by atoms with E-state index in [4.69, 9.17) is 0 Å². The summed E-state index contributed by atoms with van der Waals surface area (Å²) in [5, 5.41) is 12.2. The quantitative estimate of drug-likeness (QED) is 0.851. The number of carbonyl (C=O) groups excluding carboxylic acids is 1. The zero-order chi connectivity index (χ0) is 14.0. The number of likely N-dealkylation sites (N-methyl/N-ethyl adjacent to an activating group) is 1. The molecule has 2 N–H and O–H groups in total. The molecule has 0 aliphatic heterocycles. The second kappa shape index (κ2) is 5.57. The van der Waals surface area contributed by atoms with E-state index in [2.05, 4.69) is 5.32 Å². The van der Waals surface area contributed by atoms with Crippen LogP contribution in [0.1, 0.15) is 31.4 Å². The lowest BCUT2D eigenvalue weighted by Gasteiger charge is -2.20. The van der Waals surface area contributed by atoms with Gasteiger partial charge in [-0.1, -0.05) is 6.07 Å². The van der Waals surface area contributed by atoms with Crippen molar-refractivity contribution in [3.05, 3.63) is 29.6 Å². The van der Waals surface area contributed by atoms with Crippen molar-refractivity contribution in [3.63, 3.8) is 0 Å². The van der Waals surface area contributed by atoms with Crippen molar-refractivity contribution in [2.24, 2.45) is 0 Å². The van der Waals surface area contributed by atoms with Gasteiger partial charge in [-0.15, -0.1) is 0 Å². The van der Waals surface area contributed by atoms with Gasteiger partial charge in [-0.25, -0.2) is 4.39 Å². The van der Waals surface area contributed by atoms with E-state index >= 15 is 0 Å². The molecular weight excluding hydrogens is 247 g/mol. The highest BCUT2D eigenvalue weighted by Crippen LogP contribution is 2.23. The summed E-state index contributed by atoms with van der Waals surface area (Å²) in [4.78, 5) is 13.2. The maximum Gasteiger partial charge on any atom is 0.239 e. The summed E-state index contributed by atoms with van der Waals surface area (Å²) < 4.78 is 13.9. The average Bonchev–Trinajstić information content (AvgIpc) is 3.12. The van der Waals surface area contributed by atoms with Crippen LogP contribution in [0.25, 0.3) is 0 Å². The number of hydrogen-bond donors (Lipinski definition) is 2. The highest BCUT2D eigenvalue weighted by molar-refractivity contribution is 5.81. The first-order valence-electron chi connectivity index (χ1n) is 6.45. The molecule has 0 bridgehead atoms. The third-order valence-electron chi connectivity index (χ3n) is 3.19. The number of halogens is 1. The van der Waals surface area contributed by atoms with Crippen LogP contribution in [0.5, 0.6) is 0 Å². The van der Waals surface area contributed by atoms with E-state index in [1.165, 1.54) is 6.07 Å². The fraction of sp³-hybridized carbons (Fsp3) is 0.500. The van der Waals surface area contributed by atoms with Crippen molar-refractivity contribution < 1.29 is 14.3 Å². The van der Waals surface area contributed by atoms with Crippen LogP contribution in [0.3, 0.4) is 0 Å². The van der Waals surface area contributed by atoms with E-state index in [9.17, 15) is 14.3 Å². The Kier molecular flexibility index (Phi) is 4.04. The zero-order valence-electron chi connectivity index (χ0n) is 11.2. The molecule has 2 rings (SSSR count). The highest BCUT2D eigenvalue weighted by Gasteiger charge is 2.24. The van der Waals surface area contributed by atoms with Crippen molar-refractivity contribution >= 4 is 11.6 Å². The van der Waals surface area contributed by atoms with Crippen molar-refractivity contribution in [2.75, 3.05) is 18.5 Å². The molecule has 4 nitrogen and oxygen atoms in total. The number of rotatable bonds is 5. The first-order chi connectivity index (χ1) is 8.97. The summed E-state index contributed by atoms with van der Waals surface area (Å²) in [5.41, 5.74) is 0.882. The molecule has 1 saturated carbocycles. The summed E-state index contributed by atoms with van der Waals surface area (Å²) in [5.74, 6) is -0.524. The first kappa shape index (κ1) is 13.8. The summed E-state index contributed by atoms with van der Waals surface area (Å²) in [6.07, 6.45) is 1.37. The second-order valence-corrected chi connectivity index (χ2v) is 5.08. The van der Waals surface area contributed by atoms with Gasteiger partial charge in [0.25, 0.3) is 0 Å². The Morgan fingerprint density at radius 1 is 1.58 bits per heavy atom. The molecule has 1 aliphatic carbocycles. The highest BCUT2D eigenvalue weighted by atomic mass is 19.1. The minimum Gasteiger partial charge on any atom is -0.389 e. The van der Waals surface area contributed by atoms with E-state index in [0.717, 1.165) is 12.8 Å². The van der Waals surface area contributed by atoms with Crippen molar-refractivity contribution in [2.45, 2.75) is 31.9 Å². The molecule has 1 aliphatic rings. The maximum atomic E-state index is 13.9. The molecule has 5 heteroatoms. The fourth-order valence-electron chi connectivity index (χ4n) is 1.89. The van der Waals surface area contributed by atoms with Gasteiger partial charge in [0.2, 0.25) is 5.91 Å². The summed E-state index contributed by atoms with van der Waals surface area (Å²) in [6.45, 7) is 1.71. The molecule has 0 unspecified atom stereocenters. The molecular formula is C14H19FN2O2. The van der Waals surface area contributed by atoms with Crippen LogP contribution in [-0.2, 0) is 4.79 Å². The molecule has 1 amide bonds. The van der Waals surface area contributed by atoms with Gasteiger partial charge >= 0.3 is 0 Å². The van der Waals surface area contributed by atoms with Gasteiger partial charge in [-0.3, -0.25) is 4.79 Å². The minimum atomic E-state index is -0.702. The number of hydrogen-bond acceptors (Lipinski definition) is 3. The van der Waals surface area contributed by atoms with Gasteiger partial charge in [-0.2, -0.15) is 0 Å². The largest absolute Gasteiger partial charge is 0.389 e. The molecule has 1 fully saturated rings. The number of amides is 1. The van der Waals surface area contributed by atoms with Crippen molar-refractivity contribution in [3.8, 4) is 0 Å². The molecule has 0 heterocycles. The van der Waals surface area contributed by atoms with Crippen LogP contribution in [0.2, 0.25) is 0 Å². The van der Waals surface area contributed by atoms with Gasteiger partial charge < -0.3 is 15.3 Å². The normalized spacial score (nSPS) is 16.0. The van der Waals surface area contributed by atoms with Crippen molar-refractivity contribution in [1.82, 2.24) is 5.32 Å². The molecule has 0 radical (unpaired) electrons. The lowest BCUT2D eigenvalue weighted by atomic mass is 10.1. The number of nitrogens with zero attached hydrogens (tertiary/aromatic N) is 1. The second-order valence-electron chi connectivity index (χ2n) is 5.08. The van der Waals surface area contributed by atoms with E-state index in [1.807, 2.05) is 0 Å². The Labute approximate surface area is 112 Å². The number of nitrogens with one attached hydrogen (secondary N) is 1. The molecule has 1 aromatic rings. The van der Waals surface area contributed by atoms with Crippen LogP contribution in [0, 0.1) is 5.82 Å². The smallest absolute Gasteiger partial charge is 0.239 e.